The van der Waals surface area contributed by atoms with E-state index in [4.69, 9.17) is 9.51 Å². The molecule has 3 N–H and O–H groups in total. The van der Waals surface area contributed by atoms with Crippen LogP contribution in [-0.2, 0) is 6.54 Å². The van der Waals surface area contributed by atoms with Crippen LogP contribution in [0.4, 0.5) is 5.82 Å². The fourth-order valence-electron chi connectivity index (χ4n) is 3.08. The van der Waals surface area contributed by atoms with Crippen LogP contribution in [0.25, 0.3) is 21.7 Å². The number of aryl methyl sites for hydroxylation is 1. The van der Waals surface area contributed by atoms with Gasteiger partial charge in [-0.3, -0.25) is 4.79 Å². The van der Waals surface area contributed by atoms with Crippen molar-refractivity contribution in [1.29, 1.82) is 0 Å². The van der Waals surface area contributed by atoms with Gasteiger partial charge in [-0.25, -0.2) is 4.98 Å². The van der Waals surface area contributed by atoms with Gasteiger partial charge in [0.2, 0.25) is 0 Å². The SMILES string of the molecule is Cc1cc(CNc2nc3c(C#C[C@@H](C)O)c[nH]c(=O)c3c3cc(Br)ccc23)no1. The van der Waals surface area contributed by atoms with Gasteiger partial charge in [-0.05, 0) is 32.0 Å². The van der Waals surface area contributed by atoms with Gasteiger partial charge < -0.3 is 19.9 Å². The molecule has 0 aliphatic heterocycles. The first-order chi connectivity index (χ1) is 13.9. The van der Waals surface area contributed by atoms with Gasteiger partial charge >= 0.3 is 0 Å². The van der Waals surface area contributed by atoms with Crippen molar-refractivity contribution in [1.82, 2.24) is 15.1 Å². The van der Waals surface area contributed by atoms with E-state index in [1.165, 1.54) is 6.20 Å². The van der Waals surface area contributed by atoms with Gasteiger partial charge in [-0.15, -0.1) is 0 Å². The Balaban J connectivity index is 1.95. The quantitative estimate of drug-likeness (QED) is 0.324. The van der Waals surface area contributed by atoms with Crippen molar-refractivity contribution in [3.8, 4) is 11.8 Å². The third-order valence-corrected chi connectivity index (χ3v) is 4.82. The van der Waals surface area contributed by atoms with E-state index in [2.05, 4.69) is 43.2 Å². The van der Waals surface area contributed by atoms with Crippen molar-refractivity contribution in [3.63, 3.8) is 0 Å². The molecule has 3 aromatic heterocycles. The van der Waals surface area contributed by atoms with Crippen LogP contribution in [0.5, 0.6) is 0 Å². The minimum absolute atomic E-state index is 0.253. The van der Waals surface area contributed by atoms with E-state index in [-0.39, 0.29) is 5.56 Å². The Hall–Kier alpha value is -3.15. The summed E-state index contributed by atoms with van der Waals surface area (Å²) < 4.78 is 5.95. The molecule has 0 fully saturated rings. The number of aromatic nitrogens is 3. The summed E-state index contributed by atoms with van der Waals surface area (Å²) in [4.78, 5) is 20.1. The lowest BCUT2D eigenvalue weighted by Crippen LogP contribution is -2.10. The van der Waals surface area contributed by atoms with Crippen LogP contribution in [0.15, 0.2) is 44.3 Å². The first-order valence-corrected chi connectivity index (χ1v) is 9.72. The molecule has 0 aliphatic carbocycles. The number of anilines is 1. The van der Waals surface area contributed by atoms with Crippen LogP contribution in [0.3, 0.4) is 0 Å². The Morgan fingerprint density at radius 3 is 2.90 bits per heavy atom. The lowest BCUT2D eigenvalue weighted by atomic mass is 10.0. The number of rotatable bonds is 3. The molecule has 0 spiro atoms. The van der Waals surface area contributed by atoms with Gasteiger partial charge in [0.25, 0.3) is 5.56 Å². The van der Waals surface area contributed by atoms with Gasteiger partial charge in [0, 0.05) is 27.5 Å². The number of halogens is 1. The number of H-pyrrole nitrogens is 1. The van der Waals surface area contributed by atoms with Crippen LogP contribution in [0.1, 0.15) is 23.9 Å². The summed E-state index contributed by atoms with van der Waals surface area (Å²) >= 11 is 3.48. The number of fused-ring (bicyclic) bond motifs is 3. The minimum atomic E-state index is -0.792. The number of hydrogen-bond acceptors (Lipinski definition) is 6. The van der Waals surface area contributed by atoms with E-state index < -0.39 is 6.10 Å². The maximum Gasteiger partial charge on any atom is 0.258 e. The number of aromatic amines is 1. The van der Waals surface area contributed by atoms with Gasteiger partial charge in [-0.2, -0.15) is 0 Å². The third kappa shape index (κ3) is 3.88. The smallest absolute Gasteiger partial charge is 0.258 e. The third-order valence-electron chi connectivity index (χ3n) is 4.33. The highest BCUT2D eigenvalue weighted by atomic mass is 79.9. The first-order valence-electron chi connectivity index (χ1n) is 8.92. The Morgan fingerprint density at radius 2 is 2.17 bits per heavy atom. The van der Waals surface area contributed by atoms with Crippen molar-refractivity contribution in [2.75, 3.05) is 5.32 Å². The highest BCUT2D eigenvalue weighted by Gasteiger charge is 2.15. The van der Waals surface area contributed by atoms with Gasteiger partial charge in [0.05, 0.1) is 23.0 Å². The van der Waals surface area contributed by atoms with E-state index >= 15 is 0 Å². The normalized spacial score (nSPS) is 12.0. The van der Waals surface area contributed by atoms with Crippen LogP contribution < -0.4 is 10.9 Å². The van der Waals surface area contributed by atoms with Crippen molar-refractivity contribution < 1.29 is 9.63 Å². The van der Waals surface area contributed by atoms with E-state index in [1.807, 2.05) is 31.2 Å². The lowest BCUT2D eigenvalue weighted by Gasteiger charge is -2.12. The molecule has 146 valence electrons. The number of hydrogen-bond donors (Lipinski definition) is 3. The number of aliphatic hydroxyl groups is 1. The molecule has 8 heteroatoms. The number of aliphatic hydroxyl groups excluding tert-OH is 1. The highest BCUT2D eigenvalue weighted by Crippen LogP contribution is 2.31. The number of benzene rings is 1. The van der Waals surface area contributed by atoms with Crippen LogP contribution in [0.2, 0.25) is 0 Å². The zero-order valence-corrected chi connectivity index (χ0v) is 17.3. The van der Waals surface area contributed by atoms with Crippen molar-refractivity contribution in [2.24, 2.45) is 0 Å². The van der Waals surface area contributed by atoms with Gasteiger partial charge in [0.1, 0.15) is 23.4 Å². The molecule has 1 atom stereocenters. The first kappa shape index (κ1) is 19.2. The molecule has 0 amide bonds. The summed E-state index contributed by atoms with van der Waals surface area (Å²) in [5, 5.41) is 18.8. The summed E-state index contributed by atoms with van der Waals surface area (Å²) in [7, 11) is 0. The number of nitrogens with one attached hydrogen (secondary N) is 2. The van der Waals surface area contributed by atoms with Gasteiger partial charge in [-0.1, -0.05) is 32.9 Å². The van der Waals surface area contributed by atoms with E-state index in [0.717, 1.165) is 26.7 Å². The van der Waals surface area contributed by atoms with Crippen molar-refractivity contribution >= 4 is 43.4 Å². The topological polar surface area (TPSA) is 104 Å². The minimum Gasteiger partial charge on any atom is -0.381 e. The molecule has 1 aromatic carbocycles. The van der Waals surface area contributed by atoms with Crippen molar-refractivity contribution in [3.05, 3.63) is 62.3 Å². The molecule has 7 nitrogen and oxygen atoms in total. The molecule has 0 aliphatic rings. The molecule has 0 saturated carbocycles. The second-order valence-corrected chi connectivity index (χ2v) is 7.55. The number of nitrogens with zero attached hydrogens (tertiary/aromatic N) is 2. The predicted octanol–water partition coefficient (Wildman–Crippen LogP) is 3.48. The average Bonchev–Trinajstić information content (AvgIpc) is 3.10. The number of pyridine rings is 2. The summed E-state index contributed by atoms with van der Waals surface area (Å²) in [6.07, 6.45) is 0.723. The molecular weight excluding hydrogens is 436 g/mol. The van der Waals surface area contributed by atoms with Crippen LogP contribution >= 0.6 is 15.9 Å². The van der Waals surface area contributed by atoms with Crippen LogP contribution in [0, 0.1) is 18.8 Å². The second-order valence-electron chi connectivity index (χ2n) is 6.63. The van der Waals surface area contributed by atoms with Crippen LogP contribution in [-0.4, -0.2) is 26.3 Å². The van der Waals surface area contributed by atoms with E-state index in [1.54, 1.807) is 6.92 Å². The largest absolute Gasteiger partial charge is 0.381 e. The summed E-state index contributed by atoms with van der Waals surface area (Å²) in [6.45, 7) is 3.82. The molecule has 4 rings (SSSR count). The zero-order valence-electron chi connectivity index (χ0n) is 15.7. The van der Waals surface area contributed by atoms with E-state index in [9.17, 15) is 9.90 Å². The molecular formula is C21H17BrN4O3. The Morgan fingerprint density at radius 1 is 1.34 bits per heavy atom. The maximum atomic E-state index is 12.6. The van der Waals surface area contributed by atoms with Gasteiger partial charge in [0.15, 0.2) is 0 Å². The van der Waals surface area contributed by atoms with Crippen molar-refractivity contribution in [2.45, 2.75) is 26.5 Å². The summed E-state index contributed by atoms with van der Waals surface area (Å²) in [5.74, 6) is 6.93. The Labute approximate surface area is 174 Å². The maximum absolute atomic E-state index is 12.6. The fourth-order valence-corrected chi connectivity index (χ4v) is 3.44. The molecule has 0 bridgehead atoms. The molecule has 29 heavy (non-hydrogen) atoms. The summed E-state index contributed by atoms with van der Waals surface area (Å²) in [5.41, 5.74) is 1.49. The average molecular weight is 453 g/mol. The molecule has 0 unspecified atom stereocenters. The molecule has 0 radical (unpaired) electrons. The molecule has 0 saturated heterocycles. The predicted molar refractivity (Wildman–Crippen MR) is 115 cm³/mol. The fraction of sp³-hybridized carbons (Fsp3) is 0.190. The summed E-state index contributed by atoms with van der Waals surface area (Å²) in [6, 6.07) is 7.52. The lowest BCUT2D eigenvalue weighted by molar-refractivity contribution is 0.253. The van der Waals surface area contributed by atoms with E-state index in [0.29, 0.717) is 28.8 Å². The molecule has 3 heterocycles. The Bertz CT molecular complexity index is 1350. The monoisotopic (exact) mass is 452 g/mol. The Kier molecular flexibility index (Phi) is 5.09. The second kappa shape index (κ2) is 7.70. The standard InChI is InChI=1S/C21H17BrN4O3/c1-11(27)3-4-13-9-24-21(28)18-17-8-14(22)5-6-16(17)20(25-19(13)18)23-10-15-7-12(2)29-26-15/h5-9,11,27H,10H2,1-2H3,(H,23,25)(H,24,28)/t11-/m1/s1. The highest BCUT2D eigenvalue weighted by molar-refractivity contribution is 9.10. The molecule has 4 aromatic rings. The zero-order chi connectivity index (χ0) is 20.5.